The summed E-state index contributed by atoms with van der Waals surface area (Å²) in [6.07, 6.45) is 7.36. The number of likely N-dealkylation sites (N-methyl/N-ethyl adjacent to an activating group) is 2. The molecule has 3 amide bonds. The van der Waals surface area contributed by atoms with Gasteiger partial charge in [-0.2, -0.15) is 4.98 Å². The summed E-state index contributed by atoms with van der Waals surface area (Å²) in [6.45, 7) is 0.542. The van der Waals surface area contributed by atoms with E-state index in [0.717, 1.165) is 60.4 Å². The first-order valence-electron chi connectivity index (χ1n) is 16.5. The molecule has 2 aromatic carbocycles. The van der Waals surface area contributed by atoms with E-state index in [1.807, 2.05) is 42.5 Å². The Hall–Kier alpha value is -4.88. The zero-order valence-corrected chi connectivity index (χ0v) is 28.2. The van der Waals surface area contributed by atoms with Crippen LogP contribution in [-0.2, 0) is 19.1 Å². The number of nitrogens with one attached hydrogen (secondary N) is 5. The second-order valence-electron chi connectivity index (χ2n) is 12.7. The maximum atomic E-state index is 12.2. The Labute approximate surface area is 289 Å². The Kier molecular flexibility index (Phi) is 10.5. The smallest absolute Gasteiger partial charge is 0.257 e. The van der Waals surface area contributed by atoms with Gasteiger partial charge in [0.2, 0.25) is 17.8 Å². The van der Waals surface area contributed by atoms with Gasteiger partial charge >= 0.3 is 0 Å². The lowest BCUT2D eigenvalue weighted by atomic mass is 9.86. The van der Waals surface area contributed by atoms with Crippen molar-refractivity contribution in [2.75, 3.05) is 48.1 Å². The number of aliphatic hydroxyl groups is 1. The molecule has 3 heterocycles. The first-order valence-corrected chi connectivity index (χ1v) is 16.9. The number of imide groups is 1. The molecule has 2 atom stereocenters. The third-order valence-electron chi connectivity index (χ3n) is 9.30. The van der Waals surface area contributed by atoms with Crippen LogP contribution in [0.25, 0.3) is 6.08 Å². The minimum Gasteiger partial charge on any atom is -0.483 e. The van der Waals surface area contributed by atoms with Crippen molar-refractivity contribution in [1.29, 1.82) is 0 Å². The van der Waals surface area contributed by atoms with Crippen molar-refractivity contribution in [1.82, 2.24) is 20.6 Å². The van der Waals surface area contributed by atoms with Gasteiger partial charge < -0.3 is 36.0 Å². The highest BCUT2D eigenvalue weighted by molar-refractivity contribution is 6.32. The van der Waals surface area contributed by atoms with Crippen molar-refractivity contribution in [3.63, 3.8) is 0 Å². The summed E-state index contributed by atoms with van der Waals surface area (Å²) < 4.78 is 5.57. The lowest BCUT2D eigenvalue weighted by Gasteiger charge is -2.32. The summed E-state index contributed by atoms with van der Waals surface area (Å²) in [4.78, 5) is 46.0. The third kappa shape index (κ3) is 8.23. The molecule has 14 heteroatoms. The van der Waals surface area contributed by atoms with Gasteiger partial charge in [-0.05, 0) is 80.0 Å². The Balaban J connectivity index is 0.999. The summed E-state index contributed by atoms with van der Waals surface area (Å²) in [5.74, 6) is 0.696. The van der Waals surface area contributed by atoms with Gasteiger partial charge in [-0.1, -0.05) is 23.7 Å². The van der Waals surface area contributed by atoms with Gasteiger partial charge in [-0.15, -0.1) is 0 Å². The normalized spacial score (nSPS) is 22.0. The van der Waals surface area contributed by atoms with E-state index in [0.29, 0.717) is 41.6 Å². The van der Waals surface area contributed by atoms with Gasteiger partial charge in [0.1, 0.15) is 10.8 Å². The Bertz CT molecular complexity index is 1730. The molecule has 0 spiro atoms. The fraction of sp³-hybridized carbons (Fsp3) is 0.400. The van der Waals surface area contributed by atoms with Crippen molar-refractivity contribution in [2.24, 2.45) is 5.92 Å². The van der Waals surface area contributed by atoms with E-state index in [4.69, 9.17) is 16.3 Å². The van der Waals surface area contributed by atoms with Gasteiger partial charge in [0.25, 0.3) is 5.91 Å². The quantitative estimate of drug-likeness (QED) is 0.158. The van der Waals surface area contributed by atoms with Gasteiger partial charge in [-0.3, -0.25) is 19.7 Å². The topological polar surface area (TPSA) is 170 Å². The van der Waals surface area contributed by atoms with Crippen LogP contribution in [0.3, 0.4) is 0 Å². The summed E-state index contributed by atoms with van der Waals surface area (Å²) in [5.41, 5.74) is 4.29. The monoisotopic (exact) mass is 688 g/mol. The summed E-state index contributed by atoms with van der Waals surface area (Å²) in [6, 6.07) is 14.0. The molecule has 0 bridgehead atoms. The number of aromatic nitrogens is 2. The van der Waals surface area contributed by atoms with Gasteiger partial charge in [-0.25, -0.2) is 4.98 Å². The van der Waals surface area contributed by atoms with E-state index in [-0.39, 0.29) is 36.0 Å². The number of carbonyl (C=O) groups is 3. The lowest BCUT2D eigenvalue weighted by molar-refractivity contribution is -0.134. The number of hydrogen-bond acceptors (Lipinski definition) is 11. The van der Waals surface area contributed by atoms with Crippen LogP contribution in [0.15, 0.2) is 54.4 Å². The number of piperidine rings is 1. The average molecular weight is 689 g/mol. The van der Waals surface area contributed by atoms with Crippen molar-refractivity contribution in [3.8, 4) is 0 Å². The number of carbonyl (C=O) groups excluding carboxylic acids is 3. The molecule has 1 saturated carbocycles. The average Bonchev–Trinajstić information content (AvgIpc) is 3.10. The lowest BCUT2D eigenvalue weighted by Crippen LogP contribution is -2.39. The SMILES string of the molecule is CNC(=O)COC1=Cc2cc(Nc3nc(NCC4CCC(Nc5ccc([C@@H]6CCC(=O)NC6=O)cc5)CC4)ncc3Cl)ccc2N(C)C1O. The maximum absolute atomic E-state index is 12.2. The Morgan fingerprint density at radius 3 is 2.57 bits per heavy atom. The van der Waals surface area contributed by atoms with E-state index in [1.54, 1.807) is 24.2 Å². The molecule has 13 nitrogen and oxygen atoms in total. The van der Waals surface area contributed by atoms with Crippen LogP contribution in [0.1, 0.15) is 55.6 Å². The number of nitrogens with zero attached hydrogens (tertiary/aromatic N) is 3. The Morgan fingerprint density at radius 1 is 1.08 bits per heavy atom. The number of fused-ring (bicyclic) bond motifs is 1. The molecule has 1 aromatic heterocycles. The molecule has 1 saturated heterocycles. The van der Waals surface area contributed by atoms with Crippen LogP contribution in [0.2, 0.25) is 5.02 Å². The van der Waals surface area contributed by atoms with Gasteiger partial charge in [0.15, 0.2) is 18.7 Å². The minimum absolute atomic E-state index is 0.199. The van der Waals surface area contributed by atoms with Crippen LogP contribution >= 0.6 is 11.6 Å². The van der Waals surface area contributed by atoms with Crippen molar-refractivity contribution in [2.45, 2.75) is 56.7 Å². The van der Waals surface area contributed by atoms with Crippen molar-refractivity contribution < 1.29 is 24.2 Å². The van der Waals surface area contributed by atoms with Crippen LogP contribution < -0.4 is 31.5 Å². The molecule has 6 N–H and O–H groups in total. The molecular formula is C35H41ClN8O5. The highest BCUT2D eigenvalue weighted by atomic mass is 35.5. The predicted molar refractivity (Wildman–Crippen MR) is 189 cm³/mol. The number of amides is 3. The molecule has 0 radical (unpaired) electrons. The molecular weight excluding hydrogens is 648 g/mol. The van der Waals surface area contributed by atoms with Crippen molar-refractivity contribution in [3.05, 3.63) is 70.6 Å². The minimum atomic E-state index is -1.02. The van der Waals surface area contributed by atoms with Gasteiger partial charge in [0.05, 0.1) is 12.1 Å². The van der Waals surface area contributed by atoms with Crippen LogP contribution in [-0.4, -0.2) is 72.3 Å². The van der Waals surface area contributed by atoms with Crippen LogP contribution in [0.5, 0.6) is 0 Å². The zero-order valence-electron chi connectivity index (χ0n) is 27.5. The fourth-order valence-electron chi connectivity index (χ4n) is 6.44. The highest BCUT2D eigenvalue weighted by Crippen LogP contribution is 2.35. The molecule has 258 valence electrons. The first-order chi connectivity index (χ1) is 23.7. The molecule has 6 rings (SSSR count). The predicted octanol–water partition coefficient (Wildman–Crippen LogP) is 4.35. The largest absolute Gasteiger partial charge is 0.483 e. The highest BCUT2D eigenvalue weighted by Gasteiger charge is 2.29. The number of halogens is 1. The number of ether oxygens (including phenoxy) is 1. The Morgan fingerprint density at radius 2 is 1.84 bits per heavy atom. The number of anilines is 5. The van der Waals surface area contributed by atoms with Crippen LogP contribution in [0.4, 0.5) is 28.8 Å². The second kappa shape index (κ2) is 15.1. The van der Waals surface area contributed by atoms with E-state index < -0.39 is 6.23 Å². The molecule has 3 aromatic rings. The van der Waals surface area contributed by atoms with E-state index in [9.17, 15) is 19.5 Å². The second-order valence-corrected chi connectivity index (χ2v) is 13.1. The molecule has 3 aliphatic rings. The summed E-state index contributed by atoms with van der Waals surface area (Å²) >= 11 is 6.47. The van der Waals surface area contributed by atoms with Crippen LogP contribution in [0, 0.1) is 5.92 Å². The number of hydrogen-bond donors (Lipinski definition) is 6. The maximum Gasteiger partial charge on any atom is 0.257 e. The van der Waals surface area contributed by atoms with Gasteiger partial charge in [0, 0.05) is 55.7 Å². The first kappa shape index (κ1) is 34.0. The number of aliphatic hydroxyl groups excluding tert-OH is 1. The van der Waals surface area contributed by atoms with E-state index in [2.05, 4.69) is 36.6 Å². The summed E-state index contributed by atoms with van der Waals surface area (Å²) in [5, 5.41) is 26.2. The van der Waals surface area contributed by atoms with Crippen molar-refractivity contribution >= 4 is 64.2 Å². The standard InChI is InChI=1S/C35H41ClN8O5/c1-37-31(46)19-49-29-16-22-15-25(11-13-28(22)44(2)34(29)48)41-32-27(36)18-39-35(43-32)38-17-20-3-7-23(8-4-20)40-24-9-5-21(6-10-24)26-12-14-30(45)42-33(26)47/h5-6,9-11,13,15-16,18,20,23,26,34,40,48H,3-4,7-8,12,14,17,19H2,1-2H3,(H,37,46)(H,42,45,47)(H2,38,39,41,43)/t20?,23?,26-,34?/m0/s1. The number of rotatable bonds is 11. The van der Waals surface area contributed by atoms with E-state index >= 15 is 0 Å². The number of benzene rings is 2. The molecule has 1 aliphatic carbocycles. The third-order valence-corrected chi connectivity index (χ3v) is 9.58. The fourth-order valence-corrected chi connectivity index (χ4v) is 6.58. The summed E-state index contributed by atoms with van der Waals surface area (Å²) in [7, 11) is 3.28. The van der Waals surface area contributed by atoms with E-state index in [1.165, 1.54) is 7.05 Å². The molecule has 2 aliphatic heterocycles. The molecule has 2 fully saturated rings. The molecule has 49 heavy (non-hydrogen) atoms. The molecule has 1 unspecified atom stereocenters. The zero-order chi connectivity index (χ0) is 34.5.